The van der Waals surface area contributed by atoms with Crippen LogP contribution in [0.2, 0.25) is 0 Å². The van der Waals surface area contributed by atoms with Gasteiger partial charge in [0, 0.05) is 51.7 Å². The van der Waals surface area contributed by atoms with Crippen LogP contribution in [0.5, 0.6) is 0 Å². The lowest BCUT2D eigenvalue weighted by molar-refractivity contribution is -0.142. The van der Waals surface area contributed by atoms with E-state index in [1.165, 1.54) is 50.3 Å². The number of amides is 7. The summed E-state index contributed by atoms with van der Waals surface area (Å²) < 4.78 is 10.9. The summed E-state index contributed by atoms with van der Waals surface area (Å²) in [5, 5.41) is 10.3. The van der Waals surface area contributed by atoms with E-state index in [0.717, 1.165) is 43.5 Å². The lowest BCUT2D eigenvalue weighted by Crippen LogP contribution is -2.44. The molecule has 6 N–H and O–H groups in total. The fourth-order valence-corrected chi connectivity index (χ4v) is 7.27. The molecule has 1 heterocycles. The van der Waals surface area contributed by atoms with Crippen LogP contribution in [0.4, 0.5) is 0 Å². The number of likely N-dealkylation sites (N-methyl/N-ethyl adjacent to an activating group) is 1. The molecule has 1 rings (SSSR count). The Hall–Kier alpha value is -3.28. The van der Waals surface area contributed by atoms with Gasteiger partial charge in [0.05, 0.1) is 38.2 Å². The van der Waals surface area contributed by atoms with Crippen molar-refractivity contribution in [3.05, 3.63) is 0 Å². The van der Waals surface area contributed by atoms with Crippen LogP contribution in [0.25, 0.3) is 0 Å². The number of nitrogens with zero attached hydrogens (tertiary/aromatic N) is 2. The second-order valence-electron chi connectivity index (χ2n) is 14.5. The Bertz CT molecular complexity index is 1200. The molecule has 17 heteroatoms. The maximum atomic E-state index is 12.8. The predicted molar refractivity (Wildman–Crippen MR) is 222 cm³/mol. The van der Waals surface area contributed by atoms with E-state index in [2.05, 4.69) is 35.1 Å². The van der Waals surface area contributed by atoms with E-state index in [1.807, 2.05) is 4.90 Å². The highest BCUT2D eigenvalue weighted by Crippen LogP contribution is 2.25. The van der Waals surface area contributed by atoms with Crippen molar-refractivity contribution in [1.29, 1.82) is 0 Å². The molecule has 0 aliphatic carbocycles. The van der Waals surface area contributed by atoms with Crippen LogP contribution in [0.15, 0.2) is 0 Å². The number of carbonyl (C=O) groups is 7. The van der Waals surface area contributed by atoms with Crippen LogP contribution in [0, 0.1) is 0 Å². The molecule has 57 heavy (non-hydrogen) atoms. The summed E-state index contributed by atoms with van der Waals surface area (Å²) in [5.74, 6) is -1.56. The van der Waals surface area contributed by atoms with E-state index in [-0.39, 0.29) is 88.4 Å². The third-order valence-electron chi connectivity index (χ3n) is 9.55. The smallest absolute Gasteiger partial charge is 0.243 e. The van der Waals surface area contributed by atoms with Gasteiger partial charge in [-0.05, 0) is 38.6 Å². The minimum atomic E-state index is -0.713. The largest absolute Gasteiger partial charge is 0.379 e. The van der Waals surface area contributed by atoms with Crippen molar-refractivity contribution in [2.45, 2.75) is 134 Å². The van der Waals surface area contributed by atoms with E-state index in [0.29, 0.717) is 44.5 Å². The zero-order valence-corrected chi connectivity index (χ0v) is 35.8. The van der Waals surface area contributed by atoms with Gasteiger partial charge >= 0.3 is 0 Å². The van der Waals surface area contributed by atoms with Crippen LogP contribution in [0.3, 0.4) is 0 Å². The average molecular weight is 828 g/mol. The molecule has 1 fully saturated rings. The number of carbonyl (C=O) groups excluding carboxylic acids is 7. The lowest BCUT2D eigenvalue weighted by atomic mass is 10.1. The third-order valence-corrected chi connectivity index (χ3v) is 10.7. The summed E-state index contributed by atoms with van der Waals surface area (Å²) in [6.45, 7) is 7.20. The molecule has 0 aromatic rings. The number of ether oxygens (including phenoxy) is 2. The first-order chi connectivity index (χ1) is 27.5. The normalized spacial score (nSPS) is 14.5. The SMILES string of the molecule is CCCCCCCCCCCC(=O)NC(CCCCNC(=O)CCOCCOCCNC(=O)CN1C(=O)CC(SCCN(CCCC)CC(=O)NC)C1=O)C(N)=O. The molecule has 0 bridgehead atoms. The van der Waals surface area contributed by atoms with Gasteiger partial charge in [-0.3, -0.25) is 43.4 Å². The van der Waals surface area contributed by atoms with E-state index < -0.39 is 23.1 Å². The predicted octanol–water partition coefficient (Wildman–Crippen LogP) is 2.41. The number of primary amides is 1. The summed E-state index contributed by atoms with van der Waals surface area (Å²) in [7, 11) is 1.60. The molecule has 1 aliphatic rings. The van der Waals surface area contributed by atoms with Crippen molar-refractivity contribution in [3.8, 4) is 0 Å². The van der Waals surface area contributed by atoms with Gasteiger partial charge in [0.1, 0.15) is 12.6 Å². The molecule has 1 aliphatic heterocycles. The van der Waals surface area contributed by atoms with Crippen LogP contribution in [0.1, 0.15) is 123 Å². The van der Waals surface area contributed by atoms with Crippen LogP contribution in [-0.4, -0.2) is 141 Å². The molecule has 2 unspecified atom stereocenters. The van der Waals surface area contributed by atoms with Crippen molar-refractivity contribution in [1.82, 2.24) is 31.1 Å². The first kappa shape index (κ1) is 51.7. The van der Waals surface area contributed by atoms with Gasteiger partial charge in [-0.1, -0.05) is 71.6 Å². The highest BCUT2D eigenvalue weighted by atomic mass is 32.2. The van der Waals surface area contributed by atoms with Crippen molar-refractivity contribution in [2.75, 3.05) is 78.5 Å². The van der Waals surface area contributed by atoms with Crippen molar-refractivity contribution in [3.63, 3.8) is 0 Å². The topological polar surface area (TPSA) is 219 Å². The first-order valence-electron chi connectivity index (χ1n) is 21.2. The second kappa shape index (κ2) is 33.7. The lowest BCUT2D eigenvalue weighted by Gasteiger charge is -2.21. The fourth-order valence-electron chi connectivity index (χ4n) is 6.09. The van der Waals surface area contributed by atoms with E-state index >= 15 is 0 Å². The van der Waals surface area contributed by atoms with Crippen LogP contribution in [-0.2, 0) is 43.0 Å². The number of thioether (sulfide) groups is 1. The molecule has 16 nitrogen and oxygen atoms in total. The van der Waals surface area contributed by atoms with E-state index in [1.54, 1.807) is 7.05 Å². The number of hydrogen-bond acceptors (Lipinski definition) is 11. The molecular weight excluding hydrogens is 755 g/mol. The van der Waals surface area contributed by atoms with Crippen molar-refractivity contribution in [2.24, 2.45) is 5.73 Å². The highest BCUT2D eigenvalue weighted by Gasteiger charge is 2.39. The monoisotopic (exact) mass is 828 g/mol. The van der Waals surface area contributed by atoms with Crippen LogP contribution >= 0.6 is 11.8 Å². The molecule has 0 spiro atoms. The zero-order valence-electron chi connectivity index (χ0n) is 35.0. The number of unbranched alkanes of at least 4 members (excludes halogenated alkanes) is 10. The molecule has 0 aromatic carbocycles. The first-order valence-corrected chi connectivity index (χ1v) is 22.2. The van der Waals surface area contributed by atoms with Gasteiger partial charge in [-0.2, -0.15) is 0 Å². The van der Waals surface area contributed by atoms with Gasteiger partial charge in [0.25, 0.3) is 0 Å². The molecule has 1 saturated heterocycles. The maximum Gasteiger partial charge on any atom is 0.243 e. The molecule has 0 radical (unpaired) electrons. The minimum Gasteiger partial charge on any atom is -0.379 e. The molecule has 2 atom stereocenters. The van der Waals surface area contributed by atoms with Gasteiger partial charge in [0.2, 0.25) is 41.4 Å². The Morgan fingerprint density at radius 2 is 1.40 bits per heavy atom. The molecule has 7 amide bonds. The quantitative estimate of drug-likeness (QED) is 0.0453. The Kier molecular flexibility index (Phi) is 30.6. The highest BCUT2D eigenvalue weighted by molar-refractivity contribution is 8.00. The van der Waals surface area contributed by atoms with Gasteiger partial charge in [-0.15, -0.1) is 11.8 Å². The number of nitrogens with one attached hydrogen (secondary N) is 4. The third kappa shape index (κ3) is 26.4. The average Bonchev–Trinajstić information content (AvgIpc) is 3.44. The van der Waals surface area contributed by atoms with Gasteiger partial charge in [-0.25, -0.2) is 0 Å². The summed E-state index contributed by atoms with van der Waals surface area (Å²) >= 11 is 1.37. The summed E-state index contributed by atoms with van der Waals surface area (Å²) in [6, 6.07) is -0.713. The maximum absolute atomic E-state index is 12.8. The Morgan fingerprint density at radius 1 is 0.754 bits per heavy atom. The number of nitrogens with two attached hydrogens (primary N) is 1. The molecule has 0 aromatic heterocycles. The molecule has 0 saturated carbocycles. The Balaban J connectivity index is 2.08. The Morgan fingerprint density at radius 3 is 2.07 bits per heavy atom. The van der Waals surface area contributed by atoms with Gasteiger partial charge in [0.15, 0.2) is 0 Å². The standard InChI is InChI=1S/C40H73N7O9S/c1-4-6-8-9-10-11-12-13-14-18-35(49)45-32(39(41)53)17-15-16-20-43-34(48)19-24-55-26-27-56-25-21-44-37(51)31-47-38(52)29-33(40(47)54)57-28-23-46(22-7-5-2)30-36(50)42-3/h32-33H,4-31H2,1-3H3,(H2,41,53)(H,42,50)(H,43,48)(H,44,51)(H,45,49). The second-order valence-corrected chi connectivity index (χ2v) is 15.8. The van der Waals surface area contributed by atoms with Crippen molar-refractivity contribution < 1.29 is 43.0 Å². The van der Waals surface area contributed by atoms with Crippen molar-refractivity contribution >= 4 is 53.1 Å². The number of likely N-dealkylation sites (tertiary alicyclic amines) is 1. The molecular formula is C40H73N7O9S. The fraction of sp³-hybridized carbons (Fsp3) is 0.825. The minimum absolute atomic E-state index is 0.0479. The van der Waals surface area contributed by atoms with E-state index in [4.69, 9.17) is 15.2 Å². The Labute approximate surface area is 345 Å². The summed E-state index contributed by atoms with van der Waals surface area (Å²) in [6.07, 6.45) is 14.7. The van der Waals surface area contributed by atoms with Gasteiger partial charge < -0.3 is 36.5 Å². The zero-order chi connectivity index (χ0) is 42.1. The van der Waals surface area contributed by atoms with E-state index in [9.17, 15) is 33.6 Å². The number of rotatable bonds is 37. The number of imide groups is 1. The summed E-state index contributed by atoms with van der Waals surface area (Å²) in [5.41, 5.74) is 5.50. The van der Waals surface area contributed by atoms with Crippen LogP contribution < -0.4 is 27.0 Å². The summed E-state index contributed by atoms with van der Waals surface area (Å²) in [4.78, 5) is 88.8. The number of hydrogen-bond donors (Lipinski definition) is 5. The molecule has 328 valence electrons.